The maximum absolute atomic E-state index is 17.9. The highest BCUT2D eigenvalue weighted by Crippen LogP contribution is 2.74. The predicted octanol–water partition coefficient (Wildman–Crippen LogP) is 7.53. The van der Waals surface area contributed by atoms with Crippen molar-refractivity contribution in [1.29, 1.82) is 0 Å². The molecule has 0 radical (unpaired) electrons. The van der Waals surface area contributed by atoms with Gasteiger partial charge < -0.3 is 14.6 Å². The number of aliphatic hydroxyl groups excluding tert-OH is 1. The van der Waals surface area contributed by atoms with Crippen LogP contribution in [0.3, 0.4) is 0 Å². The lowest BCUT2D eigenvalue weighted by Gasteiger charge is -2.65. The van der Waals surface area contributed by atoms with Gasteiger partial charge in [0.15, 0.2) is 17.1 Å². The first-order valence-electron chi connectivity index (χ1n) is 15.7. The number of thioether (sulfide) groups is 1. The van der Waals surface area contributed by atoms with Gasteiger partial charge in [0.05, 0.1) is 22.8 Å². The van der Waals surface area contributed by atoms with Crippen molar-refractivity contribution in [2.75, 3.05) is 5.75 Å². The molecule has 0 amide bonds. The second kappa shape index (κ2) is 11.0. The maximum atomic E-state index is 17.9. The van der Waals surface area contributed by atoms with Crippen molar-refractivity contribution < 1.29 is 50.9 Å². The first kappa shape index (κ1) is 33.5. The molecule has 3 fully saturated rings. The first-order chi connectivity index (χ1) is 22.5. The van der Waals surface area contributed by atoms with Crippen molar-refractivity contribution in [2.24, 2.45) is 28.6 Å². The van der Waals surface area contributed by atoms with Gasteiger partial charge >= 0.3 is 12.1 Å². The Morgan fingerprint density at radius 2 is 1.77 bits per heavy atom. The van der Waals surface area contributed by atoms with E-state index in [1.165, 1.54) is 6.07 Å². The molecule has 1 aromatic carbocycles. The average Bonchev–Trinajstić information content (AvgIpc) is 3.63. The topological polar surface area (TPSA) is 89.9 Å². The van der Waals surface area contributed by atoms with E-state index < -0.39 is 92.6 Å². The largest absolute Gasteiger partial charge is 0.486 e. The number of ketones is 1. The molecule has 3 saturated carbocycles. The summed E-state index contributed by atoms with van der Waals surface area (Å²) in [6.07, 6.45) is -5.35. The molecule has 0 spiro atoms. The summed E-state index contributed by atoms with van der Waals surface area (Å²) in [7, 11) is 0. The van der Waals surface area contributed by atoms with Crippen LogP contribution in [0.15, 0.2) is 65.3 Å². The second-order valence-electron chi connectivity index (χ2n) is 14.0. The number of allylic oxidation sites excluding steroid dienone is 1. The molecular formula is C35H33F5O6S2. The fraction of sp³-hybridized carbons (Fsp3) is 0.514. The number of benzene rings is 1. The molecule has 1 aromatic heterocycles. The molecule has 256 valence electrons. The fourth-order valence-electron chi connectivity index (χ4n) is 9.46. The normalized spacial score (nSPS) is 39.4. The summed E-state index contributed by atoms with van der Waals surface area (Å²) in [5.41, 5.74) is -7.99. The number of carbonyl (C=O) groups is 3. The van der Waals surface area contributed by atoms with Gasteiger partial charge in [-0.2, -0.15) is 13.2 Å². The number of Topliss-reactive ketones (excluding diaryl/α,β-unsaturated/α-hetero) is 1. The van der Waals surface area contributed by atoms with Gasteiger partial charge in [0.1, 0.15) is 22.9 Å². The van der Waals surface area contributed by atoms with E-state index in [9.17, 15) is 32.7 Å². The summed E-state index contributed by atoms with van der Waals surface area (Å²) in [5.74, 6) is -4.15. The molecule has 10 atom stereocenters. The molecule has 1 N–H and O–H groups in total. The number of fused-ring (bicyclic) bond motifs is 3. The quantitative estimate of drug-likeness (QED) is 0.144. The summed E-state index contributed by atoms with van der Waals surface area (Å²) >= 11 is 1.66. The SMILES string of the molecule is C[C@@H]1C[C@H]2[C@@H]3C[C@H](F)C4=CC5C=C(O5)[C@]4(C)[C@@]3(F)[C@@H](O)C[C@]2(C)[C@@]1(OC(=O)c1cccs1)C(=O)SCC(=O)c1ccc(C(F)(F)F)cc1. The van der Waals surface area contributed by atoms with Crippen molar-refractivity contribution in [3.05, 3.63) is 81.3 Å². The van der Waals surface area contributed by atoms with Crippen LogP contribution in [0.2, 0.25) is 0 Å². The smallest absolute Gasteiger partial charge is 0.416 e. The standard InChI is InChI=1S/C35H33F5O6S2/c1-17-11-21-22-14-24(36)23-12-20-13-28(45-20)32(23,3)33(22,37)27(42)15-31(21,2)34(17,46-29(43)26-5-4-10-47-26)30(44)48-16-25(41)18-6-8-19(9-7-18)35(38,39)40/h4-10,12-13,17,20-22,24,27,42H,11,14-16H2,1-3H3/t17-,20?,21+,22+,24+,27+,31+,32-,33+,34+/m1/s1. The molecule has 4 aliphatic carbocycles. The fourth-order valence-corrected chi connectivity index (χ4v) is 11.2. The minimum atomic E-state index is -4.59. The third-order valence-electron chi connectivity index (χ3n) is 11.8. The van der Waals surface area contributed by atoms with Crippen LogP contribution < -0.4 is 0 Å². The molecule has 1 unspecified atom stereocenters. The Labute approximate surface area is 281 Å². The Kier molecular flexibility index (Phi) is 7.66. The Hall–Kier alpha value is -3.03. The van der Waals surface area contributed by atoms with Crippen LogP contribution in [0.4, 0.5) is 22.0 Å². The molecule has 8 rings (SSSR count). The maximum Gasteiger partial charge on any atom is 0.416 e. The Morgan fingerprint density at radius 1 is 1.08 bits per heavy atom. The molecule has 6 aliphatic rings. The summed E-state index contributed by atoms with van der Waals surface area (Å²) in [4.78, 5) is 41.4. The van der Waals surface area contributed by atoms with E-state index in [0.29, 0.717) is 11.8 Å². The van der Waals surface area contributed by atoms with Crippen LogP contribution in [0.1, 0.15) is 65.6 Å². The zero-order valence-corrected chi connectivity index (χ0v) is 27.8. The number of hydrogen-bond donors (Lipinski definition) is 1. The second-order valence-corrected chi connectivity index (χ2v) is 15.9. The minimum absolute atomic E-state index is 0.0395. The van der Waals surface area contributed by atoms with Gasteiger partial charge in [0.25, 0.3) is 0 Å². The van der Waals surface area contributed by atoms with Gasteiger partial charge in [-0.3, -0.25) is 9.59 Å². The lowest BCUT2D eigenvalue weighted by molar-refractivity contribution is -0.233. The van der Waals surface area contributed by atoms with Crippen LogP contribution in [-0.2, 0) is 20.4 Å². The van der Waals surface area contributed by atoms with Gasteiger partial charge in [-0.15, -0.1) is 11.3 Å². The van der Waals surface area contributed by atoms with Crippen LogP contribution in [0.25, 0.3) is 0 Å². The molecule has 0 saturated heterocycles. The number of rotatable bonds is 6. The number of halogens is 5. The van der Waals surface area contributed by atoms with Crippen molar-refractivity contribution in [3.63, 3.8) is 0 Å². The number of carbonyl (C=O) groups excluding carboxylic acids is 3. The summed E-state index contributed by atoms with van der Waals surface area (Å²) in [6, 6.07) is 6.79. The third kappa shape index (κ3) is 4.41. The number of thiophene rings is 1. The molecule has 48 heavy (non-hydrogen) atoms. The van der Waals surface area contributed by atoms with E-state index >= 15 is 8.78 Å². The highest BCUT2D eigenvalue weighted by molar-refractivity contribution is 8.14. The number of aliphatic hydroxyl groups is 1. The van der Waals surface area contributed by atoms with Gasteiger partial charge in [-0.1, -0.05) is 43.8 Å². The zero-order valence-electron chi connectivity index (χ0n) is 26.2. The molecule has 6 nitrogen and oxygen atoms in total. The number of alkyl halides is 5. The van der Waals surface area contributed by atoms with Crippen molar-refractivity contribution in [2.45, 2.75) is 75.9 Å². The van der Waals surface area contributed by atoms with E-state index in [1.807, 2.05) is 0 Å². The van der Waals surface area contributed by atoms with E-state index in [4.69, 9.17) is 9.47 Å². The monoisotopic (exact) mass is 708 g/mol. The van der Waals surface area contributed by atoms with E-state index in [2.05, 4.69) is 0 Å². The molecule has 13 heteroatoms. The van der Waals surface area contributed by atoms with Crippen molar-refractivity contribution >= 4 is 40.0 Å². The van der Waals surface area contributed by atoms with Crippen LogP contribution >= 0.6 is 23.1 Å². The van der Waals surface area contributed by atoms with E-state index in [-0.39, 0.29) is 41.0 Å². The van der Waals surface area contributed by atoms with Gasteiger partial charge in [0.2, 0.25) is 5.12 Å². The summed E-state index contributed by atoms with van der Waals surface area (Å²) < 4.78 is 85.1. The van der Waals surface area contributed by atoms with Gasteiger partial charge in [-0.05, 0) is 73.4 Å². The number of hydrogen-bond acceptors (Lipinski definition) is 8. The highest BCUT2D eigenvalue weighted by atomic mass is 32.2. The molecule has 3 heterocycles. The molecular weight excluding hydrogens is 676 g/mol. The Balaban J connectivity index is 1.24. The van der Waals surface area contributed by atoms with Crippen LogP contribution in [0, 0.1) is 28.6 Å². The van der Waals surface area contributed by atoms with E-state index in [1.54, 1.807) is 44.4 Å². The summed E-state index contributed by atoms with van der Waals surface area (Å²) in [5, 5.41) is 12.8. The predicted molar refractivity (Wildman–Crippen MR) is 168 cm³/mol. The zero-order chi connectivity index (χ0) is 34.6. The first-order valence-corrected chi connectivity index (χ1v) is 17.6. The van der Waals surface area contributed by atoms with Crippen LogP contribution in [-0.4, -0.2) is 57.4 Å². The average molecular weight is 709 g/mol. The van der Waals surface area contributed by atoms with Gasteiger partial charge in [0, 0.05) is 22.8 Å². The lowest BCUT2D eigenvalue weighted by Crippen LogP contribution is -2.72. The highest BCUT2D eigenvalue weighted by Gasteiger charge is 2.80. The minimum Gasteiger partial charge on any atom is -0.486 e. The number of esters is 1. The molecule has 2 aromatic rings. The lowest BCUT2D eigenvalue weighted by atomic mass is 9.43. The van der Waals surface area contributed by atoms with E-state index in [0.717, 1.165) is 35.6 Å². The van der Waals surface area contributed by atoms with Crippen molar-refractivity contribution in [1.82, 2.24) is 0 Å². The molecule has 2 aliphatic heterocycles. The van der Waals surface area contributed by atoms with Crippen molar-refractivity contribution in [3.8, 4) is 0 Å². The summed E-state index contributed by atoms with van der Waals surface area (Å²) in [6.45, 7) is 4.92. The Morgan fingerprint density at radius 3 is 2.40 bits per heavy atom. The van der Waals surface area contributed by atoms with Crippen LogP contribution in [0.5, 0.6) is 0 Å². The Bertz CT molecular complexity index is 1740. The third-order valence-corrected chi connectivity index (χ3v) is 13.6. The molecule has 2 bridgehead atoms. The van der Waals surface area contributed by atoms with Gasteiger partial charge in [-0.25, -0.2) is 13.6 Å². The number of ether oxygens (including phenoxy) is 2.